The summed E-state index contributed by atoms with van der Waals surface area (Å²) in [6.45, 7) is 3.91. The molecule has 6 heteroatoms. The van der Waals surface area contributed by atoms with Gasteiger partial charge in [0.2, 0.25) is 0 Å². The summed E-state index contributed by atoms with van der Waals surface area (Å²) >= 11 is 0. The number of aryl methyl sites for hydroxylation is 2. The number of imidazole rings is 1. The van der Waals surface area contributed by atoms with Crippen molar-refractivity contribution in [1.29, 1.82) is 0 Å². The first kappa shape index (κ1) is 14.9. The Morgan fingerprint density at radius 2 is 2.00 bits per heavy atom. The van der Waals surface area contributed by atoms with Crippen molar-refractivity contribution < 1.29 is 9.90 Å². The Balaban J connectivity index is 2.15. The Kier molecular flexibility index (Phi) is 3.89. The molecule has 0 radical (unpaired) electrons. The van der Waals surface area contributed by atoms with Gasteiger partial charge in [0, 0.05) is 6.20 Å². The van der Waals surface area contributed by atoms with Crippen molar-refractivity contribution in [3.05, 3.63) is 59.4 Å². The predicted octanol–water partition coefficient (Wildman–Crippen LogP) is 4.32. The van der Waals surface area contributed by atoms with Gasteiger partial charge < -0.3 is 5.11 Å². The fourth-order valence-corrected chi connectivity index (χ4v) is 2.44. The Morgan fingerprint density at radius 1 is 1.22 bits per heavy atom. The molecule has 2 heterocycles. The number of nitrogens with zero attached hydrogens (tertiary/aromatic N) is 4. The van der Waals surface area contributed by atoms with Gasteiger partial charge in [-0.15, -0.1) is 10.2 Å². The molecule has 23 heavy (non-hydrogen) atoms. The van der Waals surface area contributed by atoms with E-state index in [1.54, 1.807) is 10.6 Å². The molecular weight excluding hydrogens is 292 g/mol. The lowest BCUT2D eigenvalue weighted by Crippen LogP contribution is -1.96. The fourth-order valence-electron chi connectivity index (χ4n) is 2.44. The number of carboxylic acids is 1. The molecule has 1 aromatic carbocycles. The van der Waals surface area contributed by atoms with Gasteiger partial charge in [-0.1, -0.05) is 31.2 Å². The number of pyridine rings is 1. The minimum Gasteiger partial charge on any atom is -0.476 e. The Bertz CT molecular complexity index is 912. The van der Waals surface area contributed by atoms with Crippen LogP contribution in [-0.4, -0.2) is 20.5 Å². The van der Waals surface area contributed by atoms with E-state index in [0.29, 0.717) is 5.65 Å². The topological polar surface area (TPSA) is 79.3 Å². The number of hydrogen-bond acceptors (Lipinski definition) is 4. The van der Waals surface area contributed by atoms with Gasteiger partial charge in [0.25, 0.3) is 0 Å². The van der Waals surface area contributed by atoms with Crippen LogP contribution < -0.4 is 0 Å². The van der Waals surface area contributed by atoms with Gasteiger partial charge in [0.05, 0.1) is 5.69 Å². The molecule has 0 fully saturated rings. The number of azo groups is 1. The van der Waals surface area contributed by atoms with Crippen LogP contribution in [0.25, 0.3) is 5.65 Å². The van der Waals surface area contributed by atoms with Crippen LogP contribution in [-0.2, 0) is 6.42 Å². The smallest absolute Gasteiger partial charge is 0.358 e. The molecule has 0 atom stereocenters. The molecule has 0 spiro atoms. The third-order valence-corrected chi connectivity index (χ3v) is 3.65. The van der Waals surface area contributed by atoms with E-state index in [2.05, 4.69) is 15.2 Å². The quantitative estimate of drug-likeness (QED) is 0.729. The lowest BCUT2D eigenvalue weighted by molar-refractivity contribution is 0.0692. The number of rotatable bonds is 4. The lowest BCUT2D eigenvalue weighted by atomic mass is 10.1. The summed E-state index contributed by atoms with van der Waals surface area (Å²) in [4.78, 5) is 15.6. The standard InChI is InChI=1S/C17H16N4O2/c1-3-12-8-4-5-9-13(12)19-20-16-14(17(22)23)18-15-11(2)7-6-10-21(15)16/h4-10H,3H2,1-2H3,(H,22,23). The van der Waals surface area contributed by atoms with Gasteiger partial charge in [-0.3, -0.25) is 4.40 Å². The summed E-state index contributed by atoms with van der Waals surface area (Å²) in [6, 6.07) is 11.4. The second-order valence-corrected chi connectivity index (χ2v) is 5.16. The molecule has 6 nitrogen and oxygen atoms in total. The Labute approximate surface area is 133 Å². The highest BCUT2D eigenvalue weighted by Gasteiger charge is 2.19. The summed E-state index contributed by atoms with van der Waals surface area (Å²) in [5.41, 5.74) is 3.14. The number of benzene rings is 1. The average Bonchev–Trinajstić information content (AvgIpc) is 2.93. The summed E-state index contributed by atoms with van der Waals surface area (Å²) in [7, 11) is 0. The molecule has 116 valence electrons. The molecule has 0 saturated heterocycles. The van der Waals surface area contributed by atoms with Crippen LogP contribution in [0.3, 0.4) is 0 Å². The number of fused-ring (bicyclic) bond motifs is 1. The van der Waals surface area contributed by atoms with Crippen LogP contribution in [0.4, 0.5) is 11.5 Å². The van der Waals surface area contributed by atoms with Crippen molar-refractivity contribution in [3.8, 4) is 0 Å². The third kappa shape index (κ3) is 2.70. The van der Waals surface area contributed by atoms with E-state index in [9.17, 15) is 9.90 Å². The van der Waals surface area contributed by atoms with E-state index < -0.39 is 5.97 Å². The zero-order valence-corrected chi connectivity index (χ0v) is 12.9. The Hall–Kier alpha value is -3.02. The maximum absolute atomic E-state index is 11.5. The van der Waals surface area contributed by atoms with Gasteiger partial charge in [0.1, 0.15) is 5.65 Å². The van der Waals surface area contributed by atoms with Crippen LogP contribution in [0.5, 0.6) is 0 Å². The van der Waals surface area contributed by atoms with E-state index >= 15 is 0 Å². The van der Waals surface area contributed by atoms with Gasteiger partial charge in [0.15, 0.2) is 11.5 Å². The summed E-state index contributed by atoms with van der Waals surface area (Å²) in [6.07, 6.45) is 2.56. The second-order valence-electron chi connectivity index (χ2n) is 5.16. The van der Waals surface area contributed by atoms with Gasteiger partial charge in [-0.25, -0.2) is 9.78 Å². The zero-order valence-electron chi connectivity index (χ0n) is 12.9. The Morgan fingerprint density at radius 3 is 2.74 bits per heavy atom. The average molecular weight is 308 g/mol. The van der Waals surface area contributed by atoms with Crippen LogP contribution in [0.15, 0.2) is 52.8 Å². The highest BCUT2D eigenvalue weighted by molar-refractivity contribution is 5.92. The summed E-state index contributed by atoms with van der Waals surface area (Å²) in [5, 5.41) is 17.8. The van der Waals surface area contributed by atoms with Gasteiger partial charge in [-0.05, 0) is 36.6 Å². The minimum atomic E-state index is -1.12. The van der Waals surface area contributed by atoms with Crippen molar-refractivity contribution in [3.63, 3.8) is 0 Å². The zero-order chi connectivity index (χ0) is 16.4. The van der Waals surface area contributed by atoms with Crippen LogP contribution >= 0.6 is 0 Å². The molecule has 0 aliphatic heterocycles. The van der Waals surface area contributed by atoms with E-state index in [4.69, 9.17) is 0 Å². The predicted molar refractivity (Wildman–Crippen MR) is 86.9 cm³/mol. The van der Waals surface area contributed by atoms with Crippen molar-refractivity contribution in [1.82, 2.24) is 9.38 Å². The first-order valence-electron chi connectivity index (χ1n) is 7.32. The molecule has 3 aromatic rings. The second kappa shape index (κ2) is 6.00. The van der Waals surface area contributed by atoms with Crippen molar-refractivity contribution in [2.45, 2.75) is 20.3 Å². The van der Waals surface area contributed by atoms with Crippen molar-refractivity contribution in [2.24, 2.45) is 10.2 Å². The number of aromatic nitrogens is 2. The SMILES string of the molecule is CCc1ccccc1N=Nc1c(C(=O)O)nc2c(C)cccn12. The normalized spacial score (nSPS) is 11.4. The molecule has 0 saturated carbocycles. The lowest BCUT2D eigenvalue weighted by Gasteiger charge is -2.01. The van der Waals surface area contributed by atoms with E-state index in [1.165, 1.54) is 0 Å². The first-order valence-corrected chi connectivity index (χ1v) is 7.32. The highest BCUT2D eigenvalue weighted by atomic mass is 16.4. The van der Waals surface area contributed by atoms with Crippen molar-refractivity contribution in [2.75, 3.05) is 0 Å². The monoisotopic (exact) mass is 308 g/mol. The van der Waals surface area contributed by atoms with E-state index in [1.807, 2.05) is 50.2 Å². The molecule has 0 aliphatic rings. The molecule has 0 bridgehead atoms. The van der Waals surface area contributed by atoms with Crippen LogP contribution in [0, 0.1) is 6.92 Å². The minimum absolute atomic E-state index is 0.1000. The van der Waals surface area contributed by atoms with Crippen LogP contribution in [0.1, 0.15) is 28.5 Å². The number of hydrogen-bond donors (Lipinski definition) is 1. The molecule has 2 aromatic heterocycles. The molecular formula is C17H16N4O2. The summed E-state index contributed by atoms with van der Waals surface area (Å²) < 4.78 is 1.65. The molecule has 1 N–H and O–H groups in total. The van der Waals surface area contributed by atoms with E-state index in [0.717, 1.165) is 23.2 Å². The van der Waals surface area contributed by atoms with Gasteiger partial charge in [-0.2, -0.15) is 0 Å². The van der Waals surface area contributed by atoms with Crippen LogP contribution in [0.2, 0.25) is 0 Å². The maximum atomic E-state index is 11.5. The van der Waals surface area contributed by atoms with Crippen molar-refractivity contribution >= 4 is 23.1 Å². The largest absolute Gasteiger partial charge is 0.476 e. The highest BCUT2D eigenvalue weighted by Crippen LogP contribution is 2.27. The number of carbonyl (C=O) groups is 1. The first-order chi connectivity index (χ1) is 11.1. The third-order valence-electron chi connectivity index (χ3n) is 3.65. The number of aromatic carboxylic acids is 1. The van der Waals surface area contributed by atoms with E-state index in [-0.39, 0.29) is 11.5 Å². The number of carboxylic acid groups (broad SMARTS) is 1. The van der Waals surface area contributed by atoms with Gasteiger partial charge >= 0.3 is 5.97 Å². The molecule has 0 amide bonds. The molecule has 3 rings (SSSR count). The maximum Gasteiger partial charge on any atom is 0.358 e. The summed E-state index contributed by atoms with van der Waals surface area (Å²) in [5.74, 6) is -0.895. The fraction of sp³-hybridized carbons (Fsp3) is 0.176. The molecule has 0 unspecified atom stereocenters. The molecule has 0 aliphatic carbocycles.